The highest BCUT2D eigenvalue weighted by Crippen LogP contribution is 2.40. The Balaban J connectivity index is 1.32. The molecule has 0 spiro atoms. The van der Waals surface area contributed by atoms with Crippen LogP contribution >= 0.6 is 11.3 Å². The molecule has 0 aliphatic heterocycles. The fraction of sp³-hybridized carbons (Fsp3) is 0.353. The van der Waals surface area contributed by atoms with Gasteiger partial charge in [0.2, 0.25) is 0 Å². The van der Waals surface area contributed by atoms with Gasteiger partial charge in [-0.3, -0.25) is 27.8 Å². The molecule has 0 aromatic carbocycles. The molecule has 3 aliphatic rings. The first-order chi connectivity index (χ1) is 22.1. The minimum Gasteiger partial charge on any atom is -0.296 e. The van der Waals surface area contributed by atoms with Crippen LogP contribution in [-0.4, -0.2) is 25.9 Å². The van der Waals surface area contributed by atoms with Crippen LogP contribution < -0.4 is 17.0 Å². The van der Waals surface area contributed by atoms with E-state index in [1.54, 1.807) is 16.7 Å². The Labute approximate surface area is 265 Å². The highest BCUT2D eigenvalue weighted by Gasteiger charge is 2.30. The van der Waals surface area contributed by atoms with Crippen LogP contribution in [0.5, 0.6) is 0 Å². The van der Waals surface area contributed by atoms with Crippen LogP contribution in [-0.2, 0) is 13.1 Å². The number of rotatable bonds is 10. The molecule has 0 saturated carbocycles. The maximum atomic E-state index is 14.3. The lowest BCUT2D eigenvalue weighted by atomic mass is 9.76. The van der Waals surface area contributed by atoms with Gasteiger partial charge in [0, 0.05) is 47.7 Å². The monoisotopic (exact) mass is 650 g/mol. The van der Waals surface area contributed by atoms with E-state index < -0.39 is 34.9 Å². The maximum Gasteiger partial charge on any atom is 0.439 e. The predicted octanol–water partition coefficient (Wildman–Crippen LogP) is 6.94. The summed E-state index contributed by atoms with van der Waals surface area (Å²) in [6, 6.07) is 1.55. The smallest absolute Gasteiger partial charge is 0.296 e. The molecule has 3 aromatic heterocycles. The van der Waals surface area contributed by atoms with Gasteiger partial charge in [-0.25, -0.2) is 18.4 Å². The summed E-state index contributed by atoms with van der Waals surface area (Å²) < 4.78 is 48.4. The summed E-state index contributed by atoms with van der Waals surface area (Å²) in [4.78, 5) is 42.7. The second-order valence-electron chi connectivity index (χ2n) is 12.2. The molecule has 1 N–H and O–H groups in total. The van der Waals surface area contributed by atoms with Crippen molar-refractivity contribution in [3.63, 3.8) is 0 Å². The van der Waals surface area contributed by atoms with Gasteiger partial charge in [0.05, 0.1) is 12.1 Å². The number of alkyl halides is 1. The van der Waals surface area contributed by atoms with Gasteiger partial charge in [-0.1, -0.05) is 60.7 Å². The minimum atomic E-state index is -0.846. The van der Waals surface area contributed by atoms with Gasteiger partial charge in [0.25, 0.3) is 5.56 Å². The number of halogens is 3. The van der Waals surface area contributed by atoms with E-state index in [1.165, 1.54) is 16.7 Å². The number of hydrogen-bond donors (Lipinski definition) is 1. The Morgan fingerprint density at radius 1 is 1.24 bits per heavy atom. The van der Waals surface area contributed by atoms with Gasteiger partial charge in [-0.2, -0.15) is 0 Å². The zero-order chi connectivity index (χ0) is 32.4. The second-order valence-corrected chi connectivity index (χ2v) is 13.2. The Morgan fingerprint density at radius 2 is 2.09 bits per heavy atom. The van der Waals surface area contributed by atoms with E-state index in [-0.39, 0.29) is 49.0 Å². The summed E-state index contributed by atoms with van der Waals surface area (Å²) in [5.41, 5.74) is 0.375. The molecule has 46 heavy (non-hydrogen) atoms. The molecule has 12 heteroatoms. The molecule has 3 heterocycles. The van der Waals surface area contributed by atoms with E-state index >= 15 is 0 Å². The molecular formula is C34H33F3N4O4S. The average Bonchev–Trinajstić information content (AvgIpc) is 3.66. The average molecular weight is 651 g/mol. The summed E-state index contributed by atoms with van der Waals surface area (Å²) >= 11 is 1.12. The summed E-state index contributed by atoms with van der Waals surface area (Å²) in [6.45, 7) is 1.51. The third kappa shape index (κ3) is 6.57. The maximum absolute atomic E-state index is 14.3. The van der Waals surface area contributed by atoms with Gasteiger partial charge in [0.1, 0.15) is 16.5 Å². The van der Waals surface area contributed by atoms with Crippen LogP contribution in [0.1, 0.15) is 49.7 Å². The highest BCUT2D eigenvalue weighted by atomic mass is 32.1. The Bertz CT molecular complexity index is 2050. The van der Waals surface area contributed by atoms with E-state index in [2.05, 4.69) is 22.3 Å². The number of fused-ring (bicyclic) bond motifs is 1. The molecule has 6 rings (SSSR count). The van der Waals surface area contributed by atoms with Crippen LogP contribution in [0.4, 0.5) is 13.2 Å². The lowest BCUT2D eigenvalue weighted by Gasteiger charge is -2.31. The quantitative estimate of drug-likeness (QED) is 0.256. The van der Waals surface area contributed by atoms with E-state index in [0.717, 1.165) is 22.5 Å². The molecule has 0 radical (unpaired) electrons. The molecule has 0 amide bonds. The summed E-state index contributed by atoms with van der Waals surface area (Å²) in [5.74, 6) is -1.35. The van der Waals surface area contributed by atoms with Gasteiger partial charge in [0.15, 0.2) is 5.82 Å². The third-order valence-corrected chi connectivity index (χ3v) is 9.77. The van der Waals surface area contributed by atoms with Crippen molar-refractivity contribution in [2.75, 3.05) is 6.67 Å². The number of hydrogen-bond acceptors (Lipinski definition) is 6. The van der Waals surface area contributed by atoms with Crippen LogP contribution in [0.3, 0.4) is 0 Å². The normalized spacial score (nSPS) is 23.1. The molecule has 0 bridgehead atoms. The summed E-state index contributed by atoms with van der Waals surface area (Å²) in [5, 5.41) is 4.15. The fourth-order valence-corrected chi connectivity index (χ4v) is 7.30. The van der Waals surface area contributed by atoms with Crippen LogP contribution in [0.15, 0.2) is 96.9 Å². The molecule has 0 saturated heterocycles. The number of H-pyrrole nitrogens is 1. The van der Waals surface area contributed by atoms with Gasteiger partial charge < -0.3 is 0 Å². The first kappa shape index (κ1) is 31.5. The lowest BCUT2D eigenvalue weighted by molar-refractivity contribution is 0.346. The molecule has 0 fully saturated rings. The van der Waals surface area contributed by atoms with Crippen molar-refractivity contribution in [2.45, 2.75) is 52.1 Å². The number of allylic oxidation sites excluding steroid dienone is 13. The topological polar surface area (TPSA) is 103 Å². The van der Waals surface area contributed by atoms with Crippen molar-refractivity contribution in [3.05, 3.63) is 120 Å². The van der Waals surface area contributed by atoms with E-state index in [9.17, 15) is 27.6 Å². The molecule has 240 valence electrons. The molecule has 8 nitrogen and oxygen atoms in total. The number of aromatic amines is 1. The summed E-state index contributed by atoms with van der Waals surface area (Å²) in [7, 11) is 0. The Kier molecular flexibility index (Phi) is 8.99. The van der Waals surface area contributed by atoms with Gasteiger partial charge in [-0.05, 0) is 49.0 Å². The van der Waals surface area contributed by atoms with Crippen molar-refractivity contribution in [1.82, 2.24) is 19.3 Å². The van der Waals surface area contributed by atoms with Crippen LogP contribution in [0, 0.1) is 17.3 Å². The zero-order valence-electron chi connectivity index (χ0n) is 25.2. The Morgan fingerprint density at radius 3 is 2.80 bits per heavy atom. The standard InChI is InChI=1S/C34H33F3N4O4S/c1-34(13-9-22(10-14-34)26-7-2-3-8-27(26)29-38-32(43)45-39-29)20-41-31-28(19-25(46-31)18-24(37)11-15-35)30(42)40(33(41)44)16-12-21-5-4-6-23(36)17-21/h2-6,8-10,13,18-19,21,26H,7,11-12,14-17,20H2,1H3,(H,38,39,43)/b24-18+/t21?,26-,34?/m0/s1. The van der Waals surface area contributed by atoms with E-state index in [0.29, 0.717) is 34.8 Å². The van der Waals surface area contributed by atoms with Gasteiger partial charge in [-0.15, -0.1) is 11.3 Å². The Hall–Kier alpha value is -4.45. The molecule has 3 aliphatic carbocycles. The van der Waals surface area contributed by atoms with Crippen molar-refractivity contribution >= 4 is 33.2 Å². The van der Waals surface area contributed by atoms with Crippen molar-refractivity contribution in [3.8, 4) is 0 Å². The third-order valence-electron chi connectivity index (χ3n) is 8.66. The lowest BCUT2D eigenvalue weighted by Crippen LogP contribution is -2.42. The van der Waals surface area contributed by atoms with E-state index in [4.69, 9.17) is 4.52 Å². The first-order valence-electron chi connectivity index (χ1n) is 15.2. The largest absolute Gasteiger partial charge is 0.439 e. The zero-order valence-corrected chi connectivity index (χ0v) is 26.0. The van der Waals surface area contributed by atoms with Crippen LogP contribution in [0.2, 0.25) is 0 Å². The number of nitrogens with one attached hydrogen (secondary N) is 1. The molecular weight excluding hydrogens is 617 g/mol. The SMILES string of the molecule is CC1(Cn2c(=O)n(CCC3C=CC=C(F)C3)c(=O)c3cc(/C=C(/F)CCF)sc32)C=CC([C@@H]2CC=CC=C2c2noc(=O)[nH]2)=CC1. The van der Waals surface area contributed by atoms with E-state index in [1.807, 2.05) is 37.3 Å². The number of aromatic nitrogens is 4. The first-order valence-corrected chi connectivity index (χ1v) is 16.0. The van der Waals surface area contributed by atoms with Crippen molar-refractivity contribution < 1.29 is 17.7 Å². The molecule has 3 atom stereocenters. The number of nitrogens with zero attached hydrogens (tertiary/aromatic N) is 3. The highest BCUT2D eigenvalue weighted by molar-refractivity contribution is 7.19. The van der Waals surface area contributed by atoms with Crippen molar-refractivity contribution in [1.29, 1.82) is 0 Å². The van der Waals surface area contributed by atoms with Crippen LogP contribution in [0.25, 0.3) is 21.9 Å². The predicted molar refractivity (Wildman–Crippen MR) is 173 cm³/mol. The van der Waals surface area contributed by atoms with Gasteiger partial charge >= 0.3 is 11.4 Å². The summed E-state index contributed by atoms with van der Waals surface area (Å²) in [6.07, 6.45) is 19.7. The number of thiophene rings is 1. The second kappa shape index (κ2) is 13.1. The fourth-order valence-electron chi connectivity index (χ4n) is 6.20. The minimum absolute atomic E-state index is 0.0535. The molecule has 3 aromatic rings. The van der Waals surface area contributed by atoms with Crippen molar-refractivity contribution in [2.24, 2.45) is 17.3 Å². The molecule has 2 unspecified atom stereocenters.